The summed E-state index contributed by atoms with van der Waals surface area (Å²) in [5.74, 6) is 0.421. The number of hydrogen-bond acceptors (Lipinski definition) is 5. The Morgan fingerprint density at radius 3 is 2.65 bits per heavy atom. The van der Waals surface area contributed by atoms with Gasteiger partial charge in [0.05, 0.1) is 5.71 Å². The second-order valence-corrected chi connectivity index (χ2v) is 4.19. The van der Waals surface area contributed by atoms with Gasteiger partial charge in [-0.15, -0.1) is 0 Å². The van der Waals surface area contributed by atoms with E-state index in [1.54, 1.807) is 38.3 Å². The molecule has 0 atom stereocenters. The molecular formula is C14H20N2O4. The zero-order valence-electron chi connectivity index (χ0n) is 11.8. The van der Waals surface area contributed by atoms with Crippen LogP contribution >= 0.6 is 0 Å². The summed E-state index contributed by atoms with van der Waals surface area (Å²) in [6, 6.07) is 6.98. The minimum Gasteiger partial charge on any atom is -0.484 e. The minimum atomic E-state index is -0.168. The molecule has 0 spiro atoms. The number of methoxy groups -OCH3 is 1. The fraction of sp³-hybridized carbons (Fsp3) is 0.429. The predicted octanol–water partition coefficient (Wildman–Crippen LogP) is 1.42. The first-order valence-electron chi connectivity index (χ1n) is 6.35. The predicted molar refractivity (Wildman–Crippen MR) is 75.4 cm³/mol. The Morgan fingerprint density at radius 1 is 1.35 bits per heavy atom. The molecule has 0 aliphatic rings. The van der Waals surface area contributed by atoms with Gasteiger partial charge >= 0.3 is 0 Å². The van der Waals surface area contributed by atoms with Crippen molar-refractivity contribution in [2.45, 2.75) is 13.3 Å². The molecule has 0 aliphatic heterocycles. The summed E-state index contributed by atoms with van der Waals surface area (Å²) in [5, 5.41) is 14.5. The van der Waals surface area contributed by atoms with E-state index in [9.17, 15) is 4.79 Å². The molecule has 1 rings (SSSR count). The first-order valence-corrected chi connectivity index (χ1v) is 6.35. The van der Waals surface area contributed by atoms with Gasteiger partial charge in [0.25, 0.3) is 5.91 Å². The summed E-state index contributed by atoms with van der Waals surface area (Å²) in [7, 11) is 1.62. The Bertz CT molecular complexity index is 443. The lowest BCUT2D eigenvalue weighted by atomic mass is 10.1. The van der Waals surface area contributed by atoms with E-state index in [2.05, 4.69) is 10.5 Å². The average molecular weight is 280 g/mol. The van der Waals surface area contributed by atoms with E-state index in [0.717, 1.165) is 12.0 Å². The molecule has 6 heteroatoms. The maximum atomic E-state index is 11.5. The van der Waals surface area contributed by atoms with Crippen molar-refractivity contribution >= 4 is 11.6 Å². The van der Waals surface area contributed by atoms with Crippen LogP contribution < -0.4 is 10.1 Å². The van der Waals surface area contributed by atoms with Gasteiger partial charge in [0, 0.05) is 20.3 Å². The Kier molecular flexibility index (Phi) is 7.13. The van der Waals surface area contributed by atoms with Crippen LogP contribution in [0.25, 0.3) is 0 Å². The van der Waals surface area contributed by atoms with Crippen LogP contribution in [0.4, 0.5) is 0 Å². The first-order chi connectivity index (χ1) is 9.67. The highest BCUT2D eigenvalue weighted by Crippen LogP contribution is 2.12. The van der Waals surface area contributed by atoms with Gasteiger partial charge in [-0.2, -0.15) is 0 Å². The van der Waals surface area contributed by atoms with Crippen molar-refractivity contribution in [1.29, 1.82) is 0 Å². The fourth-order valence-corrected chi connectivity index (χ4v) is 1.49. The third-order valence-corrected chi connectivity index (χ3v) is 2.64. The fourth-order valence-electron chi connectivity index (χ4n) is 1.49. The Morgan fingerprint density at radius 2 is 2.05 bits per heavy atom. The van der Waals surface area contributed by atoms with Crippen LogP contribution in [0.5, 0.6) is 5.75 Å². The highest BCUT2D eigenvalue weighted by atomic mass is 16.5. The molecule has 20 heavy (non-hydrogen) atoms. The molecule has 6 nitrogen and oxygen atoms in total. The second kappa shape index (κ2) is 8.92. The molecule has 1 aromatic carbocycles. The maximum absolute atomic E-state index is 11.5. The molecule has 0 saturated heterocycles. The molecule has 0 aromatic heterocycles. The van der Waals surface area contributed by atoms with Crippen LogP contribution in [-0.4, -0.2) is 43.7 Å². The Labute approximate surface area is 118 Å². The summed E-state index contributed by atoms with van der Waals surface area (Å²) < 4.78 is 10.2. The van der Waals surface area contributed by atoms with Crippen LogP contribution in [0.2, 0.25) is 0 Å². The van der Waals surface area contributed by atoms with Gasteiger partial charge in [-0.3, -0.25) is 4.79 Å². The van der Waals surface area contributed by atoms with Crippen LogP contribution in [0.15, 0.2) is 29.4 Å². The third-order valence-electron chi connectivity index (χ3n) is 2.64. The zero-order chi connectivity index (χ0) is 14.8. The molecule has 0 unspecified atom stereocenters. The number of carbonyl (C=O) groups excluding carboxylic acids is 1. The summed E-state index contributed by atoms with van der Waals surface area (Å²) in [5.41, 5.74) is 1.32. The average Bonchev–Trinajstić information content (AvgIpc) is 2.49. The lowest BCUT2D eigenvalue weighted by Crippen LogP contribution is -2.30. The molecule has 0 radical (unpaired) electrons. The number of nitrogens with zero attached hydrogens (tertiary/aromatic N) is 1. The highest BCUT2D eigenvalue weighted by molar-refractivity contribution is 5.98. The van der Waals surface area contributed by atoms with Gasteiger partial charge in [-0.25, -0.2) is 0 Å². The number of oxime groups is 1. The summed E-state index contributed by atoms with van der Waals surface area (Å²) >= 11 is 0. The van der Waals surface area contributed by atoms with Crippen molar-refractivity contribution in [3.05, 3.63) is 29.8 Å². The number of carbonyl (C=O) groups is 1. The highest BCUT2D eigenvalue weighted by Gasteiger charge is 2.03. The van der Waals surface area contributed by atoms with E-state index in [-0.39, 0.29) is 12.5 Å². The van der Waals surface area contributed by atoms with E-state index in [1.807, 2.05) is 0 Å². The van der Waals surface area contributed by atoms with E-state index in [4.69, 9.17) is 14.7 Å². The SMILES string of the molecule is COCCCNC(=O)COc1ccc(C(C)=NO)cc1. The second-order valence-electron chi connectivity index (χ2n) is 4.19. The molecular weight excluding hydrogens is 260 g/mol. The van der Waals surface area contributed by atoms with E-state index in [0.29, 0.717) is 24.6 Å². The van der Waals surface area contributed by atoms with Gasteiger partial charge in [-0.1, -0.05) is 5.16 Å². The molecule has 0 saturated carbocycles. The lowest BCUT2D eigenvalue weighted by Gasteiger charge is -2.08. The summed E-state index contributed by atoms with van der Waals surface area (Å²) in [6.45, 7) is 2.86. The van der Waals surface area contributed by atoms with Crippen molar-refractivity contribution in [3.63, 3.8) is 0 Å². The number of hydrogen-bond donors (Lipinski definition) is 2. The number of rotatable bonds is 8. The van der Waals surface area contributed by atoms with Crippen LogP contribution in [-0.2, 0) is 9.53 Å². The zero-order valence-corrected chi connectivity index (χ0v) is 11.8. The van der Waals surface area contributed by atoms with Crippen molar-refractivity contribution < 1.29 is 19.5 Å². The monoisotopic (exact) mass is 280 g/mol. The largest absolute Gasteiger partial charge is 0.484 e. The summed E-state index contributed by atoms with van der Waals surface area (Å²) in [4.78, 5) is 11.5. The van der Waals surface area contributed by atoms with Gasteiger partial charge in [0.2, 0.25) is 0 Å². The lowest BCUT2D eigenvalue weighted by molar-refractivity contribution is -0.123. The molecule has 0 aliphatic carbocycles. The van der Waals surface area contributed by atoms with E-state index >= 15 is 0 Å². The normalized spacial score (nSPS) is 11.2. The standard InChI is InChI=1S/C14H20N2O4/c1-11(16-18)12-4-6-13(7-5-12)20-10-14(17)15-8-3-9-19-2/h4-7,18H,3,8-10H2,1-2H3,(H,15,17). The number of ether oxygens (including phenoxy) is 2. The summed E-state index contributed by atoms with van der Waals surface area (Å²) in [6.07, 6.45) is 0.775. The van der Waals surface area contributed by atoms with Crippen molar-refractivity contribution in [3.8, 4) is 5.75 Å². The van der Waals surface area contributed by atoms with Crippen LogP contribution in [0, 0.1) is 0 Å². The quantitative estimate of drug-likeness (QED) is 0.326. The van der Waals surface area contributed by atoms with E-state index < -0.39 is 0 Å². The van der Waals surface area contributed by atoms with Gasteiger partial charge < -0.3 is 20.0 Å². The molecule has 1 amide bonds. The van der Waals surface area contributed by atoms with Gasteiger partial charge in [0.15, 0.2) is 6.61 Å². The Hall–Kier alpha value is -2.08. The molecule has 0 bridgehead atoms. The van der Waals surface area contributed by atoms with Crippen molar-refractivity contribution in [1.82, 2.24) is 5.32 Å². The van der Waals surface area contributed by atoms with Crippen molar-refractivity contribution in [2.75, 3.05) is 26.9 Å². The van der Waals surface area contributed by atoms with Crippen LogP contribution in [0.1, 0.15) is 18.9 Å². The smallest absolute Gasteiger partial charge is 0.257 e. The maximum Gasteiger partial charge on any atom is 0.257 e. The van der Waals surface area contributed by atoms with Gasteiger partial charge in [0.1, 0.15) is 5.75 Å². The molecule has 1 aromatic rings. The van der Waals surface area contributed by atoms with Crippen molar-refractivity contribution in [2.24, 2.45) is 5.16 Å². The Balaban J connectivity index is 2.33. The minimum absolute atomic E-state index is 0.0284. The topological polar surface area (TPSA) is 80.2 Å². The number of nitrogens with one attached hydrogen (secondary N) is 1. The first kappa shape index (κ1) is 16.0. The molecule has 0 heterocycles. The van der Waals surface area contributed by atoms with Gasteiger partial charge in [-0.05, 0) is 43.2 Å². The van der Waals surface area contributed by atoms with Crippen LogP contribution in [0.3, 0.4) is 0 Å². The number of benzene rings is 1. The molecule has 2 N–H and O–H groups in total. The number of amides is 1. The third kappa shape index (κ3) is 5.71. The molecule has 0 fully saturated rings. The molecule has 110 valence electrons. The van der Waals surface area contributed by atoms with E-state index in [1.165, 1.54) is 0 Å².